The summed E-state index contributed by atoms with van der Waals surface area (Å²) in [6, 6.07) is 0. The van der Waals surface area contributed by atoms with E-state index >= 15 is 0 Å². The second-order valence-electron chi connectivity index (χ2n) is 1.28. The Morgan fingerprint density at radius 1 is 1.88 bits per heavy atom. The quantitative estimate of drug-likeness (QED) is 0.530. The van der Waals surface area contributed by atoms with Crippen molar-refractivity contribution in [2.75, 3.05) is 7.11 Å². The summed E-state index contributed by atoms with van der Waals surface area (Å²) in [6.07, 6.45) is 0.543. The van der Waals surface area contributed by atoms with Crippen molar-refractivity contribution in [2.45, 2.75) is 10.9 Å². The van der Waals surface area contributed by atoms with Crippen LogP contribution >= 0.6 is 9.29 Å². The van der Waals surface area contributed by atoms with Gasteiger partial charge in [0.05, 0.1) is 0 Å². The first kappa shape index (κ1) is 8.49. The van der Waals surface area contributed by atoms with E-state index < -0.39 is 19.2 Å². The van der Waals surface area contributed by atoms with Crippen LogP contribution in [0.3, 0.4) is 0 Å². The van der Waals surface area contributed by atoms with Gasteiger partial charge in [-0.15, -0.1) is 0 Å². The molecule has 0 atom stereocenters. The Morgan fingerprint density at radius 2 is 2.50 bits per heavy atom. The van der Waals surface area contributed by atoms with Gasteiger partial charge in [-0.1, -0.05) is 0 Å². The SMILES string of the molecule is COC(=O)C[CH2][SnH]=[S]. The molecule has 46 valence electrons. The Hall–Kier alpha value is 0.489. The Balaban J connectivity index is 3.11. The van der Waals surface area contributed by atoms with E-state index in [1.807, 2.05) is 0 Å². The van der Waals surface area contributed by atoms with Crippen molar-refractivity contribution < 1.29 is 9.53 Å². The number of rotatable bonds is 3. The fourth-order valence-corrected chi connectivity index (χ4v) is 2.08. The molecule has 0 aliphatic carbocycles. The van der Waals surface area contributed by atoms with Crippen molar-refractivity contribution in [3.05, 3.63) is 0 Å². The third-order valence-corrected chi connectivity index (χ3v) is 3.77. The van der Waals surface area contributed by atoms with Crippen LogP contribution in [0.25, 0.3) is 0 Å². The number of carbonyl (C=O) groups is 1. The van der Waals surface area contributed by atoms with Gasteiger partial charge in [-0.2, -0.15) is 0 Å². The topological polar surface area (TPSA) is 26.3 Å². The minimum atomic E-state index is -0.720. The zero-order chi connectivity index (χ0) is 6.41. The zero-order valence-electron chi connectivity index (χ0n) is 4.72. The van der Waals surface area contributed by atoms with Crippen LogP contribution in [-0.2, 0) is 9.53 Å². The molecule has 0 bridgehead atoms. The zero-order valence-corrected chi connectivity index (χ0v) is 8.83. The van der Waals surface area contributed by atoms with Crippen LogP contribution in [0.5, 0.6) is 0 Å². The monoisotopic (exact) mass is 240 g/mol. The van der Waals surface area contributed by atoms with Gasteiger partial charge in [-0.05, 0) is 0 Å². The molecule has 0 spiro atoms. The number of methoxy groups -OCH3 is 1. The van der Waals surface area contributed by atoms with Gasteiger partial charge in [0.15, 0.2) is 0 Å². The van der Waals surface area contributed by atoms with Gasteiger partial charge in [-0.25, -0.2) is 0 Å². The molecule has 0 aliphatic heterocycles. The fraction of sp³-hybridized carbons (Fsp3) is 0.750. The molecule has 0 amide bonds. The van der Waals surface area contributed by atoms with Gasteiger partial charge < -0.3 is 0 Å². The fourth-order valence-electron chi connectivity index (χ4n) is 0.279. The summed E-state index contributed by atoms with van der Waals surface area (Å²) in [5.41, 5.74) is 0. The van der Waals surface area contributed by atoms with E-state index in [2.05, 4.69) is 4.74 Å². The second kappa shape index (κ2) is 5.62. The minimum absolute atomic E-state index is 0.124. The van der Waals surface area contributed by atoms with Crippen LogP contribution in [0.2, 0.25) is 4.44 Å². The summed E-state index contributed by atoms with van der Waals surface area (Å²) >= 11 is -0.720. The average Bonchev–Trinajstić information content (AvgIpc) is 1.83. The van der Waals surface area contributed by atoms with Crippen LogP contribution in [0.1, 0.15) is 6.42 Å². The van der Waals surface area contributed by atoms with E-state index in [9.17, 15) is 4.79 Å². The van der Waals surface area contributed by atoms with E-state index in [0.717, 1.165) is 4.44 Å². The van der Waals surface area contributed by atoms with E-state index in [0.29, 0.717) is 6.42 Å². The standard InChI is InChI=1S/C4H7O2.S.Sn.H/c1-3-4(5)6-2;;;/h1,3H2,2H3;;;. The normalized spacial score (nSPS) is 8.12. The number of hydrogen-bond donors (Lipinski definition) is 0. The van der Waals surface area contributed by atoms with Crippen LogP contribution < -0.4 is 0 Å². The average molecular weight is 239 g/mol. The summed E-state index contributed by atoms with van der Waals surface area (Å²) in [4.78, 5) is 10.3. The number of ether oxygens (including phenoxy) is 1. The van der Waals surface area contributed by atoms with Gasteiger partial charge in [0.2, 0.25) is 0 Å². The predicted molar refractivity (Wildman–Crippen MR) is 36.2 cm³/mol. The van der Waals surface area contributed by atoms with E-state index in [1.165, 1.54) is 7.11 Å². The molecule has 0 fully saturated rings. The van der Waals surface area contributed by atoms with Crippen molar-refractivity contribution in [3.63, 3.8) is 0 Å². The summed E-state index contributed by atoms with van der Waals surface area (Å²) in [7, 11) is 6.20. The molecule has 0 saturated carbocycles. The van der Waals surface area contributed by atoms with Crippen molar-refractivity contribution in [1.29, 1.82) is 0 Å². The molecule has 0 unspecified atom stereocenters. The molecular weight excluding hydrogens is 231 g/mol. The Bertz CT molecular complexity index is 94.0. The first-order chi connectivity index (χ1) is 3.81. The molecule has 0 rings (SSSR count). The Labute approximate surface area is 62.0 Å². The van der Waals surface area contributed by atoms with E-state index in [-0.39, 0.29) is 5.97 Å². The van der Waals surface area contributed by atoms with Gasteiger partial charge in [0, 0.05) is 0 Å². The molecule has 0 aromatic heterocycles. The summed E-state index contributed by atoms with van der Waals surface area (Å²) < 4.78 is 5.34. The molecule has 4 heteroatoms. The summed E-state index contributed by atoms with van der Waals surface area (Å²) in [5.74, 6) is -0.124. The van der Waals surface area contributed by atoms with Crippen molar-refractivity contribution in [3.8, 4) is 0 Å². The van der Waals surface area contributed by atoms with Crippen LogP contribution in [0.4, 0.5) is 0 Å². The molecular formula is C4H8O2SSn. The van der Waals surface area contributed by atoms with E-state index in [1.54, 1.807) is 0 Å². The van der Waals surface area contributed by atoms with Crippen LogP contribution in [0, 0.1) is 0 Å². The molecule has 8 heavy (non-hydrogen) atoms. The van der Waals surface area contributed by atoms with Gasteiger partial charge >= 0.3 is 62.0 Å². The van der Waals surface area contributed by atoms with Crippen LogP contribution in [-0.4, -0.2) is 32.3 Å². The number of carbonyl (C=O) groups excluding carboxylic acids is 1. The first-order valence-electron chi connectivity index (χ1n) is 2.31. The number of esters is 1. The predicted octanol–water partition coefficient (Wildman–Crippen LogP) is 0.517. The maximum absolute atomic E-state index is 10.3. The van der Waals surface area contributed by atoms with Gasteiger partial charge in [0.25, 0.3) is 0 Å². The molecule has 2 nitrogen and oxygen atoms in total. The maximum atomic E-state index is 10.3. The molecule has 0 saturated heterocycles. The van der Waals surface area contributed by atoms with Gasteiger partial charge in [-0.3, -0.25) is 0 Å². The van der Waals surface area contributed by atoms with Crippen molar-refractivity contribution in [2.24, 2.45) is 0 Å². The molecule has 0 radical (unpaired) electrons. The van der Waals surface area contributed by atoms with E-state index in [4.69, 9.17) is 9.29 Å². The molecule has 0 aliphatic rings. The Kier molecular flexibility index (Phi) is 5.97. The first-order valence-corrected chi connectivity index (χ1v) is 9.15. The Morgan fingerprint density at radius 3 is 2.88 bits per heavy atom. The molecule has 0 N–H and O–H groups in total. The van der Waals surface area contributed by atoms with Crippen molar-refractivity contribution >= 4 is 34.5 Å². The third-order valence-electron chi connectivity index (χ3n) is 0.694. The van der Waals surface area contributed by atoms with Gasteiger partial charge in [0.1, 0.15) is 0 Å². The van der Waals surface area contributed by atoms with Crippen LogP contribution in [0.15, 0.2) is 0 Å². The summed E-state index contributed by atoms with van der Waals surface area (Å²) in [6.45, 7) is 0. The third kappa shape index (κ3) is 4.64. The molecule has 0 aromatic rings. The molecule has 0 aromatic carbocycles. The second-order valence-corrected chi connectivity index (χ2v) is 6.12. The summed E-state index contributed by atoms with van der Waals surface area (Å²) in [5, 5.41) is 0. The van der Waals surface area contributed by atoms with Crippen molar-refractivity contribution in [1.82, 2.24) is 0 Å². The number of hydrogen-bond acceptors (Lipinski definition) is 3. The molecule has 0 heterocycles.